The van der Waals surface area contributed by atoms with Gasteiger partial charge in [-0.25, -0.2) is 0 Å². The lowest BCUT2D eigenvalue weighted by molar-refractivity contribution is -0.870. The molecule has 0 aliphatic rings. The molecule has 8 rings (SSSR count). The molecule has 0 aliphatic carbocycles. The summed E-state index contributed by atoms with van der Waals surface area (Å²) in [5.41, 5.74) is 14.4. The highest BCUT2D eigenvalue weighted by Crippen LogP contribution is 2.22. The number of hydrogen-bond acceptors (Lipinski definition) is 8. The van der Waals surface area contributed by atoms with E-state index in [2.05, 4.69) is 173 Å². The highest BCUT2D eigenvalue weighted by atomic mass is 35.5. The van der Waals surface area contributed by atoms with E-state index in [0.29, 0.717) is 0 Å². The number of rotatable bonds is 20. The third-order valence-corrected chi connectivity index (χ3v) is 12.4. The van der Waals surface area contributed by atoms with Gasteiger partial charge in [0.1, 0.15) is 0 Å². The Morgan fingerprint density at radius 1 is 0.237 bits per heavy atom. The first kappa shape index (κ1) is 72.2. The molecule has 0 aliphatic heterocycles. The summed E-state index contributed by atoms with van der Waals surface area (Å²) < 4.78 is 4.02. The molecule has 8 heterocycles. The number of halogens is 4. The van der Waals surface area contributed by atoms with Crippen LogP contribution in [0.1, 0.15) is 48.5 Å². The van der Waals surface area contributed by atoms with Crippen molar-refractivity contribution in [3.8, 4) is 44.5 Å². The number of aromatic nitrogens is 8. The van der Waals surface area contributed by atoms with Gasteiger partial charge in [0.15, 0.2) is 0 Å². The van der Waals surface area contributed by atoms with Crippen molar-refractivity contribution in [3.05, 3.63) is 194 Å². The van der Waals surface area contributed by atoms with Crippen LogP contribution >= 0.6 is 0 Å². The average molecular weight is 1170 g/mol. The summed E-state index contributed by atoms with van der Waals surface area (Å²) in [5.74, 6) is 0. The van der Waals surface area contributed by atoms with Crippen molar-refractivity contribution in [3.63, 3.8) is 0 Å². The van der Waals surface area contributed by atoms with E-state index in [1.807, 2.05) is 123 Å². The fraction of sp³-hybridized carbons (Fsp3) is 0.375. The van der Waals surface area contributed by atoms with E-state index in [1.165, 1.54) is 93.5 Å². The quantitative estimate of drug-likeness (QED) is 0.0912. The molecule has 0 bridgehead atoms. The van der Waals surface area contributed by atoms with Crippen molar-refractivity contribution in [1.82, 2.24) is 39.9 Å². The molecule has 432 valence electrons. The van der Waals surface area contributed by atoms with Gasteiger partial charge in [-0.15, -0.1) is 0 Å². The van der Waals surface area contributed by atoms with Crippen LogP contribution in [0.4, 0.5) is 0 Å². The van der Waals surface area contributed by atoms with Gasteiger partial charge in [0, 0.05) is 123 Å². The maximum atomic E-state index is 4.46. The van der Waals surface area contributed by atoms with E-state index in [1.54, 1.807) is 0 Å². The van der Waals surface area contributed by atoms with E-state index in [0.717, 1.165) is 69.3 Å². The van der Waals surface area contributed by atoms with E-state index in [4.69, 9.17) is 0 Å². The molecule has 0 radical (unpaired) electrons. The Morgan fingerprint density at radius 2 is 0.400 bits per heavy atom. The van der Waals surface area contributed by atoms with Crippen LogP contribution < -0.4 is 49.6 Å². The smallest absolute Gasteiger partial charge is 0.0784 e. The zero-order chi connectivity index (χ0) is 54.9. The second kappa shape index (κ2) is 36.5. The number of hydrogen-bond donors (Lipinski definition) is 0. The first-order valence-electron chi connectivity index (χ1n) is 26.8. The Hall–Kier alpha value is -5.80. The lowest BCUT2D eigenvalue weighted by Gasteiger charge is -2.23. The SMILES string of the molecule is C[N+](C)(C)CCCc1cc(-c2ccncc2)ccn1.C[N+](C)(C)CCCc1cc(-c2ccncc2)ccn1.C[N+](C)(C)CCCc1cc(-c2ccncc2)ccn1.C[N+](C)(C)CCCc1cc(-c2ccncc2)ccn1.[Cl-].[Cl-].[Cl-].[Cl-]. The molecule has 0 saturated carbocycles. The molecular weight excluding hydrogens is 1080 g/mol. The molecule has 0 aromatic carbocycles. The summed E-state index contributed by atoms with van der Waals surface area (Å²) in [6, 6.07) is 33.2. The Morgan fingerprint density at radius 3 is 0.562 bits per heavy atom. The Balaban J connectivity index is 0.000000525. The Labute approximate surface area is 505 Å². The predicted octanol–water partition coefficient (Wildman–Crippen LogP) is -0.854. The summed E-state index contributed by atoms with van der Waals surface area (Å²) in [5, 5.41) is 0. The minimum absolute atomic E-state index is 0. The van der Waals surface area contributed by atoms with Gasteiger partial charge in [-0.1, -0.05) is 0 Å². The Bertz CT molecular complexity index is 2480. The third kappa shape index (κ3) is 30.1. The second-order valence-corrected chi connectivity index (χ2v) is 23.6. The molecule has 8 aromatic rings. The largest absolute Gasteiger partial charge is 1.00 e. The van der Waals surface area contributed by atoms with Gasteiger partial charge in [0.05, 0.1) is 111 Å². The molecule has 0 atom stereocenters. The number of nitrogens with zero attached hydrogens (tertiary/aromatic N) is 12. The molecule has 0 spiro atoms. The van der Waals surface area contributed by atoms with Crippen molar-refractivity contribution < 1.29 is 67.6 Å². The predicted molar refractivity (Wildman–Crippen MR) is 315 cm³/mol. The van der Waals surface area contributed by atoms with Crippen LogP contribution in [0.3, 0.4) is 0 Å². The average Bonchev–Trinajstić information content (AvgIpc) is 3.39. The van der Waals surface area contributed by atoms with Crippen molar-refractivity contribution in [2.45, 2.75) is 51.4 Å². The lowest BCUT2D eigenvalue weighted by atomic mass is 10.1. The number of pyridine rings is 8. The molecule has 8 aromatic heterocycles. The first-order valence-corrected chi connectivity index (χ1v) is 26.8. The van der Waals surface area contributed by atoms with Gasteiger partial charge in [-0.2, -0.15) is 0 Å². The lowest BCUT2D eigenvalue weighted by Crippen LogP contribution is -3.00. The van der Waals surface area contributed by atoms with Gasteiger partial charge in [-0.05, 0) is 167 Å². The molecule has 0 amide bonds. The van der Waals surface area contributed by atoms with E-state index >= 15 is 0 Å². The van der Waals surface area contributed by atoms with Crippen LogP contribution in [0.2, 0.25) is 0 Å². The van der Waals surface area contributed by atoms with Crippen LogP contribution in [0.5, 0.6) is 0 Å². The monoisotopic (exact) mass is 1160 g/mol. The van der Waals surface area contributed by atoms with Crippen LogP contribution in [0, 0.1) is 0 Å². The molecule has 80 heavy (non-hydrogen) atoms. The summed E-state index contributed by atoms with van der Waals surface area (Å²) in [6.45, 7) is 4.67. The van der Waals surface area contributed by atoms with Crippen molar-refractivity contribution >= 4 is 0 Å². The molecule has 0 unspecified atom stereocenters. The molecule has 16 heteroatoms. The first-order chi connectivity index (χ1) is 36.2. The summed E-state index contributed by atoms with van der Waals surface area (Å²) in [4.78, 5) is 34.1. The zero-order valence-corrected chi connectivity index (χ0v) is 52.6. The highest BCUT2D eigenvalue weighted by molar-refractivity contribution is 5.65. The molecule has 0 N–H and O–H groups in total. The zero-order valence-electron chi connectivity index (χ0n) is 49.5. The standard InChI is InChI=1S/4C16H22N3.4ClH/c4*1-19(2,3)12-4-5-16-13-15(8-11-18-16)14-6-9-17-10-7-14;;;;/h4*6-11,13H,4-5,12H2,1-3H3;4*1H/q4*+1;;;;/p-4. The van der Waals surface area contributed by atoms with Crippen LogP contribution in [0.15, 0.2) is 171 Å². The number of quaternary nitrogens is 4. The van der Waals surface area contributed by atoms with E-state index in [-0.39, 0.29) is 49.6 Å². The fourth-order valence-corrected chi connectivity index (χ4v) is 8.29. The second-order valence-electron chi connectivity index (χ2n) is 23.6. The summed E-state index contributed by atoms with van der Waals surface area (Å²) in [7, 11) is 26.7. The minimum Gasteiger partial charge on any atom is -1.00 e. The van der Waals surface area contributed by atoms with Gasteiger partial charge < -0.3 is 67.6 Å². The molecule has 12 nitrogen and oxygen atoms in total. The van der Waals surface area contributed by atoms with Gasteiger partial charge in [0.2, 0.25) is 0 Å². The fourth-order valence-electron chi connectivity index (χ4n) is 8.29. The van der Waals surface area contributed by atoms with Crippen molar-refractivity contribution in [2.24, 2.45) is 0 Å². The van der Waals surface area contributed by atoms with E-state index < -0.39 is 0 Å². The maximum Gasteiger partial charge on any atom is 0.0784 e. The molecular formula is C64H88Cl4N12. The van der Waals surface area contributed by atoms with Crippen LogP contribution in [0.25, 0.3) is 44.5 Å². The van der Waals surface area contributed by atoms with Crippen LogP contribution in [-0.4, -0.2) is 169 Å². The van der Waals surface area contributed by atoms with Crippen molar-refractivity contribution in [2.75, 3.05) is 111 Å². The highest BCUT2D eigenvalue weighted by Gasteiger charge is 2.11. The summed E-state index contributed by atoms with van der Waals surface area (Å²) >= 11 is 0. The minimum atomic E-state index is 0. The normalized spacial score (nSPS) is 10.9. The Kier molecular flexibility index (Phi) is 33.0. The van der Waals surface area contributed by atoms with Gasteiger partial charge in [0.25, 0.3) is 0 Å². The van der Waals surface area contributed by atoms with Gasteiger partial charge in [-0.3, -0.25) is 39.9 Å². The van der Waals surface area contributed by atoms with E-state index in [9.17, 15) is 0 Å². The topological polar surface area (TPSA) is 103 Å². The number of aryl methyl sites for hydroxylation is 4. The molecule has 0 fully saturated rings. The van der Waals surface area contributed by atoms with Crippen LogP contribution in [-0.2, 0) is 25.7 Å². The molecule has 0 saturated heterocycles. The van der Waals surface area contributed by atoms with Gasteiger partial charge >= 0.3 is 0 Å². The third-order valence-electron chi connectivity index (χ3n) is 12.4. The maximum absolute atomic E-state index is 4.46. The summed E-state index contributed by atoms with van der Waals surface area (Å²) in [6.07, 6.45) is 31.0. The van der Waals surface area contributed by atoms with Crippen molar-refractivity contribution in [1.29, 1.82) is 0 Å².